The van der Waals surface area contributed by atoms with Crippen molar-refractivity contribution in [2.45, 2.75) is 24.3 Å². The summed E-state index contributed by atoms with van der Waals surface area (Å²) in [4.78, 5) is 0. The Hall–Kier alpha value is -2.92. The molecule has 1 aromatic heterocycles. The molecule has 0 bridgehead atoms. The van der Waals surface area contributed by atoms with Gasteiger partial charge in [-0.25, -0.2) is 4.39 Å². The van der Waals surface area contributed by atoms with E-state index in [0.29, 0.717) is 17.7 Å². The first-order valence-corrected chi connectivity index (χ1v) is 10.1. The third kappa shape index (κ3) is 3.99. The molecule has 0 spiro atoms. The molecule has 0 radical (unpaired) electrons. The third-order valence-electron chi connectivity index (χ3n) is 4.58. The molecule has 0 fully saturated rings. The van der Waals surface area contributed by atoms with Crippen LogP contribution in [0.2, 0.25) is 0 Å². The smallest absolute Gasteiger partial charge is 0.196 e. The molecule has 0 aliphatic heterocycles. The summed E-state index contributed by atoms with van der Waals surface area (Å²) in [6, 6.07) is 25.3. The summed E-state index contributed by atoms with van der Waals surface area (Å²) in [5.41, 5.74) is 4.03. The summed E-state index contributed by atoms with van der Waals surface area (Å²) in [6.07, 6.45) is 0.683. The van der Waals surface area contributed by atoms with E-state index in [4.69, 9.17) is 0 Å². The number of thioether (sulfide) groups is 1. The number of benzene rings is 3. The molecule has 0 amide bonds. The number of para-hydroxylation sites is 1. The highest BCUT2D eigenvalue weighted by Gasteiger charge is 2.17. The Morgan fingerprint density at radius 2 is 1.57 bits per heavy atom. The van der Waals surface area contributed by atoms with Crippen molar-refractivity contribution in [2.75, 3.05) is 0 Å². The highest BCUT2D eigenvalue weighted by molar-refractivity contribution is 7.98. The molecule has 0 N–H and O–H groups in total. The summed E-state index contributed by atoms with van der Waals surface area (Å²) in [5.74, 6) is 1.18. The molecule has 3 aromatic carbocycles. The zero-order chi connectivity index (χ0) is 19.3. The van der Waals surface area contributed by atoms with E-state index in [9.17, 15) is 4.39 Å². The van der Waals surface area contributed by atoms with Gasteiger partial charge in [0.1, 0.15) is 11.6 Å². The topological polar surface area (TPSA) is 30.7 Å². The minimum atomic E-state index is -0.193. The fraction of sp³-hybridized carbons (Fsp3) is 0.130. The first-order chi connectivity index (χ1) is 13.7. The first kappa shape index (κ1) is 18.4. The van der Waals surface area contributed by atoms with Crippen molar-refractivity contribution in [3.05, 3.63) is 107 Å². The molecule has 0 saturated carbocycles. The number of hydrogen-bond acceptors (Lipinski definition) is 3. The van der Waals surface area contributed by atoms with Gasteiger partial charge in [-0.1, -0.05) is 78.5 Å². The van der Waals surface area contributed by atoms with Gasteiger partial charge in [-0.15, -0.1) is 10.2 Å². The Morgan fingerprint density at radius 1 is 0.857 bits per heavy atom. The van der Waals surface area contributed by atoms with E-state index in [2.05, 4.69) is 46.0 Å². The predicted octanol–water partition coefficient (Wildman–Crippen LogP) is 5.60. The number of hydrogen-bond donors (Lipinski definition) is 0. The number of nitrogens with zero attached hydrogens (tertiary/aromatic N) is 3. The molecule has 140 valence electrons. The minimum Gasteiger partial charge on any atom is -0.273 e. The van der Waals surface area contributed by atoms with Gasteiger partial charge in [-0.05, 0) is 35.7 Å². The van der Waals surface area contributed by atoms with Gasteiger partial charge >= 0.3 is 0 Å². The van der Waals surface area contributed by atoms with Crippen molar-refractivity contribution in [2.24, 2.45) is 0 Å². The highest BCUT2D eigenvalue weighted by Crippen LogP contribution is 2.28. The van der Waals surface area contributed by atoms with Crippen molar-refractivity contribution in [1.29, 1.82) is 0 Å². The Balaban J connectivity index is 1.70. The van der Waals surface area contributed by atoms with Crippen LogP contribution in [0.1, 0.15) is 22.5 Å². The Labute approximate surface area is 168 Å². The van der Waals surface area contributed by atoms with E-state index in [1.807, 2.05) is 42.5 Å². The largest absolute Gasteiger partial charge is 0.273 e. The Bertz CT molecular complexity index is 1080. The maximum Gasteiger partial charge on any atom is 0.196 e. The zero-order valence-electron chi connectivity index (χ0n) is 15.5. The van der Waals surface area contributed by atoms with Crippen LogP contribution in [0.25, 0.3) is 5.69 Å². The molecule has 3 nitrogen and oxygen atoms in total. The van der Waals surface area contributed by atoms with Crippen LogP contribution in [0.3, 0.4) is 0 Å². The maximum absolute atomic E-state index is 14.0. The minimum absolute atomic E-state index is 0.193. The molecule has 5 heteroatoms. The van der Waals surface area contributed by atoms with E-state index in [1.54, 1.807) is 6.07 Å². The molecule has 0 aliphatic rings. The molecule has 1 heterocycles. The Kier molecular flexibility index (Phi) is 5.53. The van der Waals surface area contributed by atoms with Crippen LogP contribution in [0.5, 0.6) is 0 Å². The van der Waals surface area contributed by atoms with Gasteiger partial charge < -0.3 is 0 Å². The lowest BCUT2D eigenvalue weighted by atomic mass is 10.1. The van der Waals surface area contributed by atoms with E-state index in [0.717, 1.165) is 22.2 Å². The van der Waals surface area contributed by atoms with Crippen molar-refractivity contribution < 1.29 is 4.39 Å². The molecular formula is C23H20FN3S. The molecule has 4 rings (SSSR count). The molecule has 0 atom stereocenters. The lowest BCUT2D eigenvalue weighted by Crippen LogP contribution is -2.05. The van der Waals surface area contributed by atoms with E-state index >= 15 is 0 Å². The van der Waals surface area contributed by atoms with E-state index in [1.165, 1.54) is 23.4 Å². The molecule has 4 aromatic rings. The average Bonchev–Trinajstić information content (AvgIpc) is 3.11. The summed E-state index contributed by atoms with van der Waals surface area (Å²) in [5, 5.41) is 9.66. The van der Waals surface area contributed by atoms with Gasteiger partial charge in [0, 0.05) is 12.2 Å². The summed E-state index contributed by atoms with van der Waals surface area (Å²) in [6.45, 7) is 2.08. The Morgan fingerprint density at radius 3 is 2.36 bits per heavy atom. The van der Waals surface area contributed by atoms with Crippen LogP contribution < -0.4 is 0 Å². The van der Waals surface area contributed by atoms with Crippen LogP contribution in [-0.4, -0.2) is 14.8 Å². The summed E-state index contributed by atoms with van der Waals surface area (Å²) in [7, 11) is 0. The van der Waals surface area contributed by atoms with Crippen molar-refractivity contribution >= 4 is 11.8 Å². The molecule has 0 aliphatic carbocycles. The first-order valence-electron chi connectivity index (χ1n) is 9.13. The maximum atomic E-state index is 14.0. The quantitative estimate of drug-likeness (QED) is 0.402. The average molecular weight is 389 g/mol. The van der Waals surface area contributed by atoms with Crippen LogP contribution >= 0.6 is 11.8 Å². The van der Waals surface area contributed by atoms with Gasteiger partial charge in [0.05, 0.1) is 5.69 Å². The monoisotopic (exact) mass is 389 g/mol. The van der Waals surface area contributed by atoms with E-state index in [-0.39, 0.29) is 5.82 Å². The van der Waals surface area contributed by atoms with Crippen molar-refractivity contribution in [1.82, 2.24) is 14.8 Å². The zero-order valence-corrected chi connectivity index (χ0v) is 16.4. The van der Waals surface area contributed by atoms with Crippen LogP contribution in [0.15, 0.2) is 84.0 Å². The summed E-state index contributed by atoms with van der Waals surface area (Å²) < 4.78 is 16.1. The second-order valence-electron chi connectivity index (χ2n) is 6.56. The van der Waals surface area contributed by atoms with Crippen LogP contribution in [0.4, 0.5) is 4.39 Å². The van der Waals surface area contributed by atoms with Crippen LogP contribution in [0, 0.1) is 12.7 Å². The third-order valence-corrected chi connectivity index (χ3v) is 5.55. The normalized spacial score (nSPS) is 10.9. The highest BCUT2D eigenvalue weighted by atomic mass is 32.2. The number of rotatable bonds is 6. The van der Waals surface area contributed by atoms with Gasteiger partial charge in [-0.3, -0.25) is 4.57 Å². The van der Waals surface area contributed by atoms with E-state index < -0.39 is 0 Å². The number of aryl methyl sites for hydroxylation is 1. The van der Waals surface area contributed by atoms with Crippen molar-refractivity contribution in [3.8, 4) is 5.69 Å². The number of halogens is 1. The predicted molar refractivity (Wildman–Crippen MR) is 111 cm³/mol. The molecule has 28 heavy (non-hydrogen) atoms. The second-order valence-corrected chi connectivity index (χ2v) is 7.51. The lowest BCUT2D eigenvalue weighted by Gasteiger charge is -2.13. The van der Waals surface area contributed by atoms with Gasteiger partial charge in [-0.2, -0.15) is 0 Å². The lowest BCUT2D eigenvalue weighted by molar-refractivity contribution is 0.617. The molecule has 0 unspecified atom stereocenters. The fourth-order valence-corrected chi connectivity index (χ4v) is 4.05. The SMILES string of the molecule is Cc1ccccc1-n1c(Cc2ccccc2)nnc1SCc1ccccc1F. The fourth-order valence-electron chi connectivity index (χ4n) is 3.10. The molecule has 0 saturated heterocycles. The van der Waals surface area contributed by atoms with Gasteiger partial charge in [0.15, 0.2) is 5.16 Å². The summed E-state index contributed by atoms with van der Waals surface area (Å²) >= 11 is 1.50. The molecular weight excluding hydrogens is 369 g/mol. The van der Waals surface area contributed by atoms with Gasteiger partial charge in [0.2, 0.25) is 0 Å². The number of aromatic nitrogens is 3. The van der Waals surface area contributed by atoms with Crippen LogP contribution in [-0.2, 0) is 12.2 Å². The second kappa shape index (κ2) is 8.40. The van der Waals surface area contributed by atoms with Gasteiger partial charge in [0.25, 0.3) is 0 Å². The standard InChI is InChI=1S/C23H20FN3S/c1-17-9-5-8-14-21(17)27-22(15-18-10-3-2-4-11-18)25-26-23(27)28-16-19-12-6-7-13-20(19)24/h2-14H,15-16H2,1H3. The van der Waals surface area contributed by atoms with Crippen molar-refractivity contribution in [3.63, 3.8) is 0 Å².